The van der Waals surface area contributed by atoms with Gasteiger partial charge in [-0.05, 0) is 23.6 Å². The highest BCUT2D eigenvalue weighted by Gasteiger charge is 2.21. The number of carboxylic acid groups (broad SMARTS) is 1. The average molecular weight is 267 g/mol. The summed E-state index contributed by atoms with van der Waals surface area (Å²) < 4.78 is 5.04. The molecule has 0 spiro atoms. The molecule has 0 amide bonds. The van der Waals surface area contributed by atoms with Gasteiger partial charge in [-0.25, -0.2) is 0 Å². The first-order valence-electron chi connectivity index (χ1n) is 6.24. The number of nitrogens with one attached hydrogen (secondary N) is 1. The Hall–Kier alpha value is -1.59. The van der Waals surface area contributed by atoms with Gasteiger partial charge < -0.3 is 20.3 Å². The Morgan fingerprint density at radius 2 is 1.89 bits per heavy atom. The molecular weight excluding hydrogens is 246 g/mol. The Kier molecular flexibility index (Phi) is 5.79. The number of hydrogen-bond donors (Lipinski definition) is 3. The molecule has 1 aromatic rings. The molecular formula is C14H21NO4. The number of carbonyl (C=O) groups is 1. The maximum atomic E-state index is 11.0. The van der Waals surface area contributed by atoms with E-state index in [1.54, 1.807) is 31.4 Å². The van der Waals surface area contributed by atoms with Gasteiger partial charge in [-0.1, -0.05) is 26.0 Å². The molecule has 5 heteroatoms. The number of rotatable bonds is 7. The Labute approximate surface area is 113 Å². The van der Waals surface area contributed by atoms with E-state index in [1.807, 2.05) is 13.8 Å². The van der Waals surface area contributed by atoms with Gasteiger partial charge in [-0.2, -0.15) is 0 Å². The summed E-state index contributed by atoms with van der Waals surface area (Å²) in [5, 5.41) is 21.9. The van der Waals surface area contributed by atoms with Crippen molar-refractivity contribution in [1.29, 1.82) is 0 Å². The molecule has 106 valence electrons. The van der Waals surface area contributed by atoms with Crippen LogP contribution in [0.4, 0.5) is 0 Å². The zero-order valence-corrected chi connectivity index (χ0v) is 11.5. The first kappa shape index (κ1) is 15.5. The Morgan fingerprint density at radius 1 is 1.32 bits per heavy atom. The van der Waals surface area contributed by atoms with Gasteiger partial charge in [-0.3, -0.25) is 4.79 Å². The van der Waals surface area contributed by atoms with Crippen LogP contribution in [-0.2, 0) is 4.79 Å². The monoisotopic (exact) mass is 267 g/mol. The van der Waals surface area contributed by atoms with E-state index >= 15 is 0 Å². The number of carboxylic acids is 1. The van der Waals surface area contributed by atoms with Crippen LogP contribution in [0.25, 0.3) is 0 Å². The number of aliphatic hydroxyl groups is 1. The van der Waals surface area contributed by atoms with E-state index in [1.165, 1.54) is 0 Å². The number of ether oxygens (including phenoxy) is 1. The normalized spacial score (nSPS) is 14.2. The molecule has 2 unspecified atom stereocenters. The zero-order chi connectivity index (χ0) is 14.4. The van der Waals surface area contributed by atoms with Crippen molar-refractivity contribution >= 4 is 5.97 Å². The fraction of sp³-hybridized carbons (Fsp3) is 0.500. The number of benzene rings is 1. The summed E-state index contributed by atoms with van der Waals surface area (Å²) in [5.41, 5.74) is 0.723. The van der Waals surface area contributed by atoms with Crippen LogP contribution in [0.15, 0.2) is 24.3 Å². The molecule has 0 saturated heterocycles. The molecule has 0 aromatic heterocycles. The highest BCUT2D eigenvalue weighted by molar-refractivity contribution is 5.73. The summed E-state index contributed by atoms with van der Waals surface area (Å²) in [6.07, 6.45) is -0.744. The molecule has 0 fully saturated rings. The largest absolute Gasteiger partial charge is 0.497 e. The van der Waals surface area contributed by atoms with Crippen molar-refractivity contribution in [1.82, 2.24) is 5.32 Å². The molecule has 0 radical (unpaired) electrons. The van der Waals surface area contributed by atoms with Crippen molar-refractivity contribution in [3.8, 4) is 5.75 Å². The second-order valence-electron chi connectivity index (χ2n) is 4.76. The highest BCUT2D eigenvalue weighted by Crippen LogP contribution is 2.17. The molecule has 5 nitrogen and oxygen atoms in total. The lowest BCUT2D eigenvalue weighted by atomic mass is 10.0. The number of hydrogen-bond acceptors (Lipinski definition) is 4. The van der Waals surface area contributed by atoms with E-state index < -0.39 is 18.1 Å². The quantitative estimate of drug-likeness (QED) is 0.696. The summed E-state index contributed by atoms with van der Waals surface area (Å²) in [5.74, 6) is -0.230. The maximum Gasteiger partial charge on any atom is 0.320 e. The maximum absolute atomic E-state index is 11.0. The Balaban J connectivity index is 2.58. The molecule has 3 N–H and O–H groups in total. The van der Waals surface area contributed by atoms with Crippen molar-refractivity contribution in [3.05, 3.63) is 29.8 Å². The molecule has 1 aromatic carbocycles. The minimum atomic E-state index is -0.906. The second kappa shape index (κ2) is 7.11. The van der Waals surface area contributed by atoms with E-state index in [0.717, 1.165) is 11.3 Å². The summed E-state index contributed by atoms with van der Waals surface area (Å²) in [7, 11) is 1.58. The fourth-order valence-electron chi connectivity index (χ4n) is 1.79. The molecule has 0 aliphatic carbocycles. The predicted octanol–water partition coefficient (Wildman–Crippen LogP) is 1.43. The van der Waals surface area contributed by atoms with Crippen LogP contribution < -0.4 is 10.1 Å². The first-order valence-corrected chi connectivity index (χ1v) is 6.24. The minimum Gasteiger partial charge on any atom is -0.497 e. The predicted molar refractivity (Wildman–Crippen MR) is 72.2 cm³/mol. The molecule has 0 saturated carbocycles. The molecule has 0 bridgehead atoms. The lowest BCUT2D eigenvalue weighted by Gasteiger charge is -2.20. The highest BCUT2D eigenvalue weighted by atomic mass is 16.5. The van der Waals surface area contributed by atoms with Crippen molar-refractivity contribution < 1.29 is 19.7 Å². The van der Waals surface area contributed by atoms with Crippen molar-refractivity contribution in [2.45, 2.75) is 26.0 Å². The molecule has 19 heavy (non-hydrogen) atoms. The van der Waals surface area contributed by atoms with Crippen LogP contribution in [0.3, 0.4) is 0 Å². The van der Waals surface area contributed by atoms with Gasteiger partial charge in [0.05, 0.1) is 13.2 Å². The first-order chi connectivity index (χ1) is 8.95. The van der Waals surface area contributed by atoms with Crippen LogP contribution in [0.5, 0.6) is 5.75 Å². The summed E-state index contributed by atoms with van der Waals surface area (Å²) >= 11 is 0. The standard InChI is InChI=1S/C14H21NO4/c1-9(2)13(14(17)18)15-8-12(16)10-4-6-11(19-3)7-5-10/h4-7,9,12-13,15-16H,8H2,1-3H3,(H,17,18). The lowest BCUT2D eigenvalue weighted by Crippen LogP contribution is -2.42. The van der Waals surface area contributed by atoms with Crippen LogP contribution in [-0.4, -0.2) is 35.9 Å². The van der Waals surface area contributed by atoms with E-state index in [2.05, 4.69) is 5.32 Å². The van der Waals surface area contributed by atoms with Crippen LogP contribution >= 0.6 is 0 Å². The third kappa shape index (κ3) is 4.54. The summed E-state index contributed by atoms with van der Waals surface area (Å²) in [4.78, 5) is 11.0. The number of methoxy groups -OCH3 is 1. The Bertz CT molecular complexity index is 402. The van der Waals surface area contributed by atoms with E-state index in [4.69, 9.17) is 9.84 Å². The fourth-order valence-corrected chi connectivity index (χ4v) is 1.79. The van der Waals surface area contributed by atoms with Gasteiger partial charge in [0, 0.05) is 6.54 Å². The third-order valence-corrected chi connectivity index (χ3v) is 2.96. The van der Waals surface area contributed by atoms with Gasteiger partial charge in [0.1, 0.15) is 11.8 Å². The molecule has 1 rings (SSSR count). The molecule has 2 atom stereocenters. The summed E-state index contributed by atoms with van der Waals surface area (Å²) in [6, 6.07) is 6.38. The van der Waals surface area contributed by atoms with E-state index in [0.29, 0.717) is 0 Å². The summed E-state index contributed by atoms with van der Waals surface area (Å²) in [6.45, 7) is 3.85. The van der Waals surface area contributed by atoms with Gasteiger partial charge >= 0.3 is 5.97 Å². The van der Waals surface area contributed by atoms with E-state index in [-0.39, 0.29) is 12.5 Å². The van der Waals surface area contributed by atoms with Gasteiger partial charge in [0.2, 0.25) is 0 Å². The van der Waals surface area contributed by atoms with Crippen molar-refractivity contribution in [2.24, 2.45) is 5.92 Å². The average Bonchev–Trinajstić information content (AvgIpc) is 2.38. The molecule has 0 aliphatic heterocycles. The SMILES string of the molecule is COc1ccc(C(O)CNC(C(=O)O)C(C)C)cc1. The third-order valence-electron chi connectivity index (χ3n) is 2.96. The number of aliphatic hydroxyl groups excluding tert-OH is 1. The van der Waals surface area contributed by atoms with Crippen LogP contribution in [0.1, 0.15) is 25.5 Å². The topological polar surface area (TPSA) is 78.8 Å². The van der Waals surface area contributed by atoms with Crippen molar-refractivity contribution in [2.75, 3.05) is 13.7 Å². The lowest BCUT2D eigenvalue weighted by molar-refractivity contribution is -0.140. The van der Waals surface area contributed by atoms with Crippen LogP contribution in [0.2, 0.25) is 0 Å². The van der Waals surface area contributed by atoms with Gasteiger partial charge in [-0.15, -0.1) is 0 Å². The second-order valence-corrected chi connectivity index (χ2v) is 4.76. The van der Waals surface area contributed by atoms with Gasteiger partial charge in [0.25, 0.3) is 0 Å². The number of aliphatic carboxylic acids is 1. The Morgan fingerprint density at radius 3 is 2.32 bits per heavy atom. The molecule has 0 aliphatic rings. The van der Waals surface area contributed by atoms with E-state index in [9.17, 15) is 9.90 Å². The minimum absolute atomic E-state index is 0.0411. The van der Waals surface area contributed by atoms with Crippen LogP contribution in [0, 0.1) is 5.92 Å². The van der Waals surface area contributed by atoms with Crippen molar-refractivity contribution in [3.63, 3.8) is 0 Å². The zero-order valence-electron chi connectivity index (χ0n) is 11.5. The smallest absolute Gasteiger partial charge is 0.320 e. The molecule has 0 heterocycles. The van der Waals surface area contributed by atoms with Gasteiger partial charge in [0.15, 0.2) is 0 Å².